The minimum absolute atomic E-state index is 0.227. The number of amides is 1. The zero-order chi connectivity index (χ0) is 23.3. The van der Waals surface area contributed by atoms with Gasteiger partial charge < -0.3 is 35.8 Å². The molecular formula is C23H42N2O6S. The number of aliphatic hydroxyl groups excluding tert-OH is 4. The molecule has 3 fully saturated rings. The number of thioether (sulfide) groups is 1. The van der Waals surface area contributed by atoms with Gasteiger partial charge in [-0.2, -0.15) is 0 Å². The third kappa shape index (κ3) is 6.58. The molecule has 2 unspecified atom stereocenters. The summed E-state index contributed by atoms with van der Waals surface area (Å²) in [6.45, 7) is 2.31. The van der Waals surface area contributed by atoms with E-state index in [4.69, 9.17) is 4.74 Å². The van der Waals surface area contributed by atoms with E-state index in [9.17, 15) is 25.2 Å². The van der Waals surface area contributed by atoms with Gasteiger partial charge >= 0.3 is 0 Å². The Labute approximate surface area is 195 Å². The third-order valence-electron chi connectivity index (χ3n) is 7.56. The molecule has 0 aromatic heterocycles. The Morgan fingerprint density at radius 2 is 1.75 bits per heavy atom. The number of ether oxygens (including phenoxy) is 1. The number of hydrogen-bond donors (Lipinski definition) is 6. The number of carbonyl (C=O) groups excluding carboxylic acids is 1. The predicted molar refractivity (Wildman–Crippen MR) is 124 cm³/mol. The zero-order valence-corrected chi connectivity index (χ0v) is 20.2. The van der Waals surface area contributed by atoms with E-state index in [0.717, 1.165) is 31.7 Å². The quantitative estimate of drug-likeness (QED) is 0.304. The number of hydrogen-bond acceptors (Lipinski definition) is 8. The van der Waals surface area contributed by atoms with Crippen LogP contribution in [-0.4, -0.2) is 87.2 Å². The molecule has 186 valence electrons. The third-order valence-corrected chi connectivity index (χ3v) is 8.41. The second kappa shape index (κ2) is 12.3. The van der Waals surface area contributed by atoms with Crippen LogP contribution >= 0.6 is 11.8 Å². The minimum atomic E-state index is -1.42. The van der Waals surface area contributed by atoms with Crippen molar-refractivity contribution in [3.05, 3.63) is 0 Å². The molecule has 3 aliphatic rings. The largest absolute Gasteiger partial charge is 0.391 e. The van der Waals surface area contributed by atoms with E-state index in [1.807, 2.05) is 0 Å². The Morgan fingerprint density at radius 1 is 1.06 bits per heavy atom. The van der Waals surface area contributed by atoms with Gasteiger partial charge in [0.2, 0.25) is 5.91 Å². The maximum atomic E-state index is 13.1. The Bertz CT molecular complexity index is 589. The van der Waals surface area contributed by atoms with Gasteiger partial charge in [-0.15, -0.1) is 11.8 Å². The van der Waals surface area contributed by atoms with E-state index in [-0.39, 0.29) is 11.9 Å². The smallest absolute Gasteiger partial charge is 0.237 e. The number of carbonyl (C=O) groups is 1. The fraction of sp³-hybridized carbons (Fsp3) is 0.957. The van der Waals surface area contributed by atoms with Crippen molar-refractivity contribution < 1.29 is 30.0 Å². The molecule has 9 heteroatoms. The van der Waals surface area contributed by atoms with Crippen LogP contribution in [0.3, 0.4) is 0 Å². The van der Waals surface area contributed by atoms with Gasteiger partial charge in [-0.3, -0.25) is 4.79 Å². The van der Waals surface area contributed by atoms with Crippen molar-refractivity contribution in [1.82, 2.24) is 10.6 Å². The maximum Gasteiger partial charge on any atom is 0.237 e. The first-order chi connectivity index (χ1) is 15.3. The molecule has 2 heterocycles. The molecule has 0 spiro atoms. The van der Waals surface area contributed by atoms with Crippen LogP contribution in [0.1, 0.15) is 64.7 Å². The van der Waals surface area contributed by atoms with Crippen LogP contribution in [0.25, 0.3) is 0 Å². The molecule has 1 saturated carbocycles. The predicted octanol–water partition coefficient (Wildman–Crippen LogP) is 0.751. The monoisotopic (exact) mass is 474 g/mol. The number of piperidine rings is 1. The van der Waals surface area contributed by atoms with Crippen molar-refractivity contribution in [1.29, 1.82) is 0 Å². The normalized spacial score (nSPS) is 38.8. The molecule has 8 nitrogen and oxygen atoms in total. The van der Waals surface area contributed by atoms with E-state index >= 15 is 0 Å². The highest BCUT2D eigenvalue weighted by Crippen LogP contribution is 2.32. The van der Waals surface area contributed by atoms with Crippen molar-refractivity contribution >= 4 is 17.7 Å². The average Bonchev–Trinajstić information content (AvgIpc) is 2.81. The topological polar surface area (TPSA) is 131 Å². The Balaban J connectivity index is 1.56. The second-order valence-electron chi connectivity index (χ2n) is 9.93. The van der Waals surface area contributed by atoms with Crippen molar-refractivity contribution in [2.45, 2.75) is 113 Å². The molecule has 6 N–H and O–H groups in total. The first-order valence-corrected chi connectivity index (χ1v) is 13.5. The average molecular weight is 475 g/mol. The van der Waals surface area contributed by atoms with Crippen molar-refractivity contribution in [3.8, 4) is 0 Å². The lowest BCUT2D eigenvalue weighted by molar-refractivity contribution is -0.211. The molecule has 1 amide bonds. The van der Waals surface area contributed by atoms with E-state index < -0.39 is 42.0 Å². The summed E-state index contributed by atoms with van der Waals surface area (Å²) in [7, 11) is 0. The summed E-state index contributed by atoms with van der Waals surface area (Å²) in [5, 5.41) is 47.3. The van der Waals surface area contributed by atoms with Crippen molar-refractivity contribution in [2.24, 2.45) is 11.8 Å². The Kier molecular flexibility index (Phi) is 10.1. The lowest BCUT2D eigenvalue weighted by Gasteiger charge is -2.44. The summed E-state index contributed by atoms with van der Waals surface area (Å²) in [5.74, 6) is 1.12. The van der Waals surface area contributed by atoms with Crippen LogP contribution < -0.4 is 10.6 Å². The van der Waals surface area contributed by atoms with E-state index in [1.165, 1.54) is 57.2 Å². The van der Waals surface area contributed by atoms with Crippen LogP contribution in [0.4, 0.5) is 0 Å². The molecule has 2 saturated heterocycles. The first kappa shape index (κ1) is 26.2. The lowest BCUT2D eigenvalue weighted by atomic mass is 9.81. The van der Waals surface area contributed by atoms with Crippen LogP contribution in [0.5, 0.6) is 0 Å². The Hall–Kier alpha value is -0.420. The van der Waals surface area contributed by atoms with E-state index in [2.05, 4.69) is 10.6 Å². The van der Waals surface area contributed by atoms with Gasteiger partial charge in [-0.05, 0) is 44.4 Å². The van der Waals surface area contributed by atoms with Crippen molar-refractivity contribution in [2.75, 3.05) is 12.8 Å². The highest BCUT2D eigenvalue weighted by atomic mass is 32.2. The van der Waals surface area contributed by atoms with Gasteiger partial charge in [0, 0.05) is 0 Å². The van der Waals surface area contributed by atoms with Gasteiger partial charge in [0.05, 0.1) is 18.2 Å². The van der Waals surface area contributed by atoms with Gasteiger partial charge in [-0.1, -0.05) is 44.9 Å². The van der Waals surface area contributed by atoms with Crippen LogP contribution in [0.2, 0.25) is 0 Å². The molecule has 1 aliphatic carbocycles. The standard InChI is InChI=1S/C23H42N2O6S/c1-13(26)17(21-19(28)18(27)20(29)23(31-21)32-2)25-22(30)16-12-15(10-11-24-16)9-8-14-6-4-3-5-7-14/h13-21,23-24,26-29H,3-12H2,1-2H3,(H,25,30)/t13-,15?,16?,17-,18+,19-,20-,21-,23-/m1/s1. The fourth-order valence-corrected chi connectivity index (χ4v) is 6.19. The van der Waals surface area contributed by atoms with Gasteiger partial charge in [0.25, 0.3) is 0 Å². The fourth-order valence-electron chi connectivity index (χ4n) is 5.51. The maximum absolute atomic E-state index is 13.1. The highest BCUT2D eigenvalue weighted by molar-refractivity contribution is 7.99. The molecule has 9 atom stereocenters. The number of aliphatic hydroxyl groups is 4. The second-order valence-corrected chi connectivity index (χ2v) is 10.9. The number of rotatable bonds is 8. The molecule has 0 aromatic carbocycles. The number of nitrogens with one attached hydrogen (secondary N) is 2. The summed E-state index contributed by atoms with van der Waals surface area (Å²) in [5.41, 5.74) is -0.756. The molecule has 0 aromatic rings. The van der Waals surface area contributed by atoms with Crippen LogP contribution in [0.15, 0.2) is 0 Å². The molecule has 32 heavy (non-hydrogen) atoms. The minimum Gasteiger partial charge on any atom is -0.391 e. The summed E-state index contributed by atoms with van der Waals surface area (Å²) in [4.78, 5) is 13.1. The SMILES string of the molecule is CS[C@H]1O[C@H]([C@H](NC(=O)C2CC(CCC3CCCCC3)CCN2)[C@@H](C)O)[C@H](O)[C@H](O)[C@H]1O. The van der Waals surface area contributed by atoms with E-state index in [0.29, 0.717) is 5.92 Å². The van der Waals surface area contributed by atoms with E-state index in [1.54, 1.807) is 6.26 Å². The molecule has 2 aliphatic heterocycles. The van der Waals surface area contributed by atoms with Gasteiger partial charge in [-0.25, -0.2) is 0 Å². The van der Waals surface area contributed by atoms with Gasteiger partial charge in [0.15, 0.2) is 0 Å². The van der Waals surface area contributed by atoms with Crippen LogP contribution in [-0.2, 0) is 9.53 Å². The van der Waals surface area contributed by atoms with Gasteiger partial charge in [0.1, 0.15) is 29.9 Å². The zero-order valence-electron chi connectivity index (χ0n) is 19.4. The molecule has 3 rings (SSSR count). The summed E-state index contributed by atoms with van der Waals surface area (Å²) < 4.78 is 5.78. The summed E-state index contributed by atoms with van der Waals surface area (Å²) in [6, 6.07) is -1.26. The Morgan fingerprint density at radius 3 is 2.41 bits per heavy atom. The summed E-state index contributed by atoms with van der Waals surface area (Å²) >= 11 is 1.21. The highest BCUT2D eigenvalue weighted by Gasteiger charge is 2.48. The van der Waals surface area contributed by atoms with Crippen molar-refractivity contribution in [3.63, 3.8) is 0 Å². The first-order valence-electron chi connectivity index (χ1n) is 12.3. The van der Waals surface area contributed by atoms with Crippen LogP contribution in [0, 0.1) is 11.8 Å². The molecule has 0 radical (unpaired) electrons. The molecular weight excluding hydrogens is 432 g/mol. The molecule has 0 bridgehead atoms. The summed E-state index contributed by atoms with van der Waals surface area (Å²) in [6.07, 6.45) is 6.58. The lowest BCUT2D eigenvalue weighted by Crippen LogP contribution is -2.66.